The number of hydrogen-bond acceptors (Lipinski definition) is 7. The van der Waals surface area contributed by atoms with Gasteiger partial charge in [-0.25, -0.2) is 4.98 Å². The molecular weight excluding hydrogens is 318 g/mol. The van der Waals surface area contributed by atoms with Crippen LogP contribution in [0.15, 0.2) is 54.9 Å². The van der Waals surface area contributed by atoms with Crippen molar-refractivity contribution in [1.29, 1.82) is 0 Å². The Morgan fingerprint density at radius 1 is 1.08 bits per heavy atom. The summed E-state index contributed by atoms with van der Waals surface area (Å²) in [6.45, 7) is 0.367. The Kier molecular flexibility index (Phi) is 5.38. The van der Waals surface area contributed by atoms with Gasteiger partial charge >= 0.3 is 0 Å². The van der Waals surface area contributed by atoms with Crippen molar-refractivity contribution in [3.63, 3.8) is 0 Å². The number of methoxy groups -OCH3 is 1. The minimum absolute atomic E-state index is 0.00187. The van der Waals surface area contributed by atoms with Crippen molar-refractivity contribution in [2.75, 3.05) is 30.9 Å². The van der Waals surface area contributed by atoms with E-state index in [1.807, 2.05) is 42.5 Å². The number of nitrogens with zero attached hydrogens (tertiary/aromatic N) is 3. The molecule has 0 amide bonds. The zero-order valence-electron chi connectivity index (χ0n) is 13.8. The lowest BCUT2D eigenvalue weighted by atomic mass is 10.2. The van der Waals surface area contributed by atoms with Gasteiger partial charge in [0.25, 0.3) is 0 Å². The van der Waals surface area contributed by atoms with Crippen molar-refractivity contribution in [3.05, 3.63) is 54.9 Å². The first-order valence-electron chi connectivity index (χ1n) is 7.84. The minimum atomic E-state index is -0.00187. The summed E-state index contributed by atoms with van der Waals surface area (Å²) in [5, 5.41) is 15.3. The number of nitrogens with one attached hydrogen (secondary N) is 2. The zero-order valence-corrected chi connectivity index (χ0v) is 13.8. The van der Waals surface area contributed by atoms with E-state index in [-0.39, 0.29) is 6.61 Å². The van der Waals surface area contributed by atoms with Gasteiger partial charge in [0.2, 0.25) is 5.95 Å². The van der Waals surface area contributed by atoms with E-state index in [2.05, 4.69) is 25.6 Å². The molecule has 0 aliphatic heterocycles. The summed E-state index contributed by atoms with van der Waals surface area (Å²) in [5.74, 6) is 1.77. The van der Waals surface area contributed by atoms with Crippen molar-refractivity contribution in [3.8, 4) is 17.0 Å². The highest BCUT2D eigenvalue weighted by Crippen LogP contribution is 2.28. The van der Waals surface area contributed by atoms with Crippen LogP contribution < -0.4 is 15.4 Å². The number of aliphatic hydroxyl groups excluding tert-OH is 1. The molecular formula is C18H19N5O2. The second kappa shape index (κ2) is 8.07. The Morgan fingerprint density at radius 3 is 2.64 bits per heavy atom. The lowest BCUT2D eigenvalue weighted by Crippen LogP contribution is -2.10. The van der Waals surface area contributed by atoms with E-state index in [4.69, 9.17) is 9.84 Å². The van der Waals surface area contributed by atoms with Crippen LogP contribution in [0.2, 0.25) is 0 Å². The number of rotatable bonds is 7. The van der Waals surface area contributed by atoms with Crippen LogP contribution in [0.5, 0.6) is 5.75 Å². The Balaban J connectivity index is 1.97. The lowest BCUT2D eigenvalue weighted by molar-refractivity contribution is 0.311. The van der Waals surface area contributed by atoms with Crippen LogP contribution in [-0.4, -0.2) is 40.3 Å². The predicted octanol–water partition coefficient (Wildman–Crippen LogP) is 2.69. The van der Waals surface area contributed by atoms with E-state index in [0.29, 0.717) is 18.3 Å². The van der Waals surface area contributed by atoms with Crippen LogP contribution in [0, 0.1) is 0 Å². The van der Waals surface area contributed by atoms with Crippen molar-refractivity contribution < 1.29 is 9.84 Å². The molecule has 0 unspecified atom stereocenters. The predicted molar refractivity (Wildman–Crippen MR) is 97.1 cm³/mol. The number of pyridine rings is 1. The maximum Gasteiger partial charge on any atom is 0.225 e. The molecule has 25 heavy (non-hydrogen) atoms. The van der Waals surface area contributed by atoms with Crippen LogP contribution in [0.1, 0.15) is 0 Å². The van der Waals surface area contributed by atoms with E-state index >= 15 is 0 Å². The number of hydrogen-bond donors (Lipinski definition) is 3. The Morgan fingerprint density at radius 2 is 1.88 bits per heavy atom. The number of aliphatic hydroxyl groups is 1. The zero-order chi connectivity index (χ0) is 17.5. The van der Waals surface area contributed by atoms with Gasteiger partial charge < -0.3 is 20.5 Å². The van der Waals surface area contributed by atoms with Gasteiger partial charge in [-0.1, -0.05) is 12.1 Å². The molecule has 0 aliphatic rings. The first kappa shape index (κ1) is 16.7. The number of benzene rings is 1. The molecule has 3 aromatic rings. The van der Waals surface area contributed by atoms with Gasteiger partial charge in [0, 0.05) is 30.6 Å². The monoisotopic (exact) mass is 337 g/mol. The summed E-state index contributed by atoms with van der Waals surface area (Å²) < 4.78 is 5.36. The smallest absolute Gasteiger partial charge is 0.225 e. The van der Waals surface area contributed by atoms with Crippen molar-refractivity contribution in [1.82, 2.24) is 15.0 Å². The molecule has 3 N–H and O–H groups in total. The average Bonchev–Trinajstić information content (AvgIpc) is 2.67. The summed E-state index contributed by atoms with van der Waals surface area (Å²) in [6.07, 6.45) is 3.43. The molecule has 7 nitrogen and oxygen atoms in total. The molecule has 0 spiro atoms. The molecule has 0 saturated carbocycles. The van der Waals surface area contributed by atoms with E-state index in [9.17, 15) is 0 Å². The molecule has 2 aromatic heterocycles. The molecule has 1 aromatic carbocycles. The van der Waals surface area contributed by atoms with E-state index in [0.717, 1.165) is 22.7 Å². The second-order valence-corrected chi connectivity index (χ2v) is 5.17. The van der Waals surface area contributed by atoms with Gasteiger partial charge in [-0.05, 0) is 24.3 Å². The van der Waals surface area contributed by atoms with Crippen LogP contribution in [0.4, 0.5) is 17.5 Å². The number of ether oxygens (including phenoxy) is 1. The highest BCUT2D eigenvalue weighted by Gasteiger charge is 2.09. The first-order chi connectivity index (χ1) is 12.3. The topological polar surface area (TPSA) is 92.2 Å². The first-order valence-corrected chi connectivity index (χ1v) is 7.84. The normalized spacial score (nSPS) is 10.3. The van der Waals surface area contributed by atoms with E-state index < -0.39 is 0 Å². The highest BCUT2D eigenvalue weighted by atomic mass is 16.5. The largest absolute Gasteiger partial charge is 0.495 e. The number of anilines is 3. The molecule has 3 rings (SSSR count). The Labute approximate surface area is 145 Å². The third-order valence-corrected chi connectivity index (χ3v) is 3.47. The summed E-state index contributed by atoms with van der Waals surface area (Å²) in [4.78, 5) is 13.0. The standard InChI is InChI=1S/C18H19N5O2/c1-25-16-5-3-2-4-14(16)21-17-12-15(13-6-8-19-9-7-13)22-18(23-17)20-10-11-24/h2-9,12,24H,10-11H2,1H3,(H2,20,21,22,23). The molecule has 0 saturated heterocycles. The van der Waals surface area contributed by atoms with Gasteiger partial charge in [0.1, 0.15) is 11.6 Å². The third kappa shape index (κ3) is 4.21. The summed E-state index contributed by atoms with van der Waals surface area (Å²) >= 11 is 0. The van der Waals surface area contributed by atoms with Crippen molar-refractivity contribution in [2.45, 2.75) is 0 Å². The lowest BCUT2D eigenvalue weighted by Gasteiger charge is -2.13. The van der Waals surface area contributed by atoms with Gasteiger partial charge in [-0.15, -0.1) is 0 Å². The fourth-order valence-electron chi connectivity index (χ4n) is 2.31. The minimum Gasteiger partial charge on any atom is -0.495 e. The quantitative estimate of drug-likeness (QED) is 0.610. The van der Waals surface area contributed by atoms with Gasteiger partial charge in [0.05, 0.1) is 25.1 Å². The Hall–Kier alpha value is -3.19. The molecule has 0 aliphatic carbocycles. The molecule has 0 radical (unpaired) electrons. The fraction of sp³-hybridized carbons (Fsp3) is 0.167. The van der Waals surface area contributed by atoms with E-state index in [1.165, 1.54) is 0 Å². The summed E-state index contributed by atoms with van der Waals surface area (Å²) in [7, 11) is 1.62. The van der Waals surface area contributed by atoms with Crippen LogP contribution in [-0.2, 0) is 0 Å². The molecule has 128 valence electrons. The van der Waals surface area contributed by atoms with Gasteiger partial charge in [-0.3, -0.25) is 4.98 Å². The fourth-order valence-corrected chi connectivity index (χ4v) is 2.31. The van der Waals surface area contributed by atoms with Crippen LogP contribution >= 0.6 is 0 Å². The second-order valence-electron chi connectivity index (χ2n) is 5.17. The van der Waals surface area contributed by atoms with Gasteiger partial charge in [0.15, 0.2) is 0 Å². The molecule has 2 heterocycles. The van der Waals surface area contributed by atoms with Crippen molar-refractivity contribution in [2.24, 2.45) is 0 Å². The summed E-state index contributed by atoms with van der Waals surface area (Å²) in [5.41, 5.74) is 2.47. The highest BCUT2D eigenvalue weighted by molar-refractivity contribution is 5.69. The van der Waals surface area contributed by atoms with Crippen LogP contribution in [0.3, 0.4) is 0 Å². The maximum absolute atomic E-state index is 9.03. The molecule has 7 heteroatoms. The van der Waals surface area contributed by atoms with Crippen LogP contribution in [0.25, 0.3) is 11.3 Å². The molecule has 0 atom stereocenters. The average molecular weight is 337 g/mol. The third-order valence-electron chi connectivity index (χ3n) is 3.47. The Bertz CT molecular complexity index is 827. The van der Waals surface area contributed by atoms with E-state index in [1.54, 1.807) is 19.5 Å². The van der Waals surface area contributed by atoms with Crippen molar-refractivity contribution >= 4 is 17.5 Å². The molecule has 0 bridgehead atoms. The maximum atomic E-state index is 9.03. The molecule has 0 fully saturated rings. The number of aromatic nitrogens is 3. The SMILES string of the molecule is COc1ccccc1Nc1cc(-c2ccncc2)nc(NCCO)n1. The number of para-hydroxylation sites is 2. The summed E-state index contributed by atoms with van der Waals surface area (Å²) in [6, 6.07) is 13.2. The van der Waals surface area contributed by atoms with Gasteiger partial charge in [-0.2, -0.15) is 4.98 Å².